The maximum absolute atomic E-state index is 11.2. The zero-order valence-corrected chi connectivity index (χ0v) is 9.03. The van der Waals surface area contributed by atoms with Crippen LogP contribution in [-0.2, 0) is 10.1 Å². The molecule has 16 heavy (non-hydrogen) atoms. The van der Waals surface area contributed by atoms with Gasteiger partial charge >= 0.3 is 0 Å². The molecule has 0 atom stereocenters. The highest BCUT2D eigenvalue weighted by molar-refractivity contribution is 7.86. The Hall–Kier alpha value is -1.79. The highest BCUT2D eigenvalue weighted by atomic mass is 32.2. The molecule has 0 radical (unpaired) electrons. The Morgan fingerprint density at radius 1 is 1.00 bits per heavy atom. The van der Waals surface area contributed by atoms with Gasteiger partial charge in [-0.05, 0) is 18.2 Å². The molecule has 0 saturated heterocycles. The molecular formula is C10H10N2O3S. The standard InChI is InChI=1S/C10H10N2O3S/c11-7-4-5-8(12)10-6(7)2-1-3-9(10)16(13,14)15/h1-5H,11-12H2,(H,13,14,15). The molecule has 0 amide bonds. The van der Waals surface area contributed by atoms with Crippen LogP contribution in [0.4, 0.5) is 11.4 Å². The second-order valence-electron chi connectivity index (χ2n) is 3.40. The van der Waals surface area contributed by atoms with Crippen LogP contribution in [0.5, 0.6) is 0 Å². The third-order valence-electron chi connectivity index (χ3n) is 2.35. The van der Waals surface area contributed by atoms with Crippen LogP contribution in [0.25, 0.3) is 10.8 Å². The summed E-state index contributed by atoms with van der Waals surface area (Å²) in [5.41, 5.74) is 12.1. The first-order valence-electron chi connectivity index (χ1n) is 4.45. The van der Waals surface area contributed by atoms with E-state index in [0.717, 1.165) is 0 Å². The third kappa shape index (κ3) is 1.58. The van der Waals surface area contributed by atoms with Crippen LogP contribution in [0.3, 0.4) is 0 Å². The van der Waals surface area contributed by atoms with E-state index in [1.165, 1.54) is 18.2 Å². The van der Waals surface area contributed by atoms with E-state index in [1.54, 1.807) is 12.1 Å². The molecule has 0 unspecified atom stereocenters. The van der Waals surface area contributed by atoms with Gasteiger partial charge in [0.2, 0.25) is 0 Å². The van der Waals surface area contributed by atoms with Crippen LogP contribution in [0, 0.1) is 0 Å². The molecule has 2 aromatic rings. The molecule has 0 saturated carbocycles. The topological polar surface area (TPSA) is 106 Å². The third-order valence-corrected chi connectivity index (χ3v) is 3.24. The van der Waals surface area contributed by atoms with E-state index in [-0.39, 0.29) is 16.0 Å². The first-order chi connectivity index (χ1) is 7.41. The van der Waals surface area contributed by atoms with Gasteiger partial charge in [0.15, 0.2) is 0 Å². The van der Waals surface area contributed by atoms with Crippen molar-refractivity contribution in [3.05, 3.63) is 30.3 Å². The minimum Gasteiger partial charge on any atom is -0.398 e. The van der Waals surface area contributed by atoms with Crippen molar-refractivity contribution in [3.8, 4) is 0 Å². The lowest BCUT2D eigenvalue weighted by molar-refractivity contribution is 0.484. The van der Waals surface area contributed by atoms with Crippen molar-refractivity contribution in [2.75, 3.05) is 11.5 Å². The van der Waals surface area contributed by atoms with Crippen molar-refractivity contribution in [3.63, 3.8) is 0 Å². The molecule has 0 heterocycles. The highest BCUT2D eigenvalue weighted by Crippen LogP contribution is 2.31. The largest absolute Gasteiger partial charge is 0.398 e. The van der Waals surface area contributed by atoms with E-state index >= 15 is 0 Å². The number of nitrogens with two attached hydrogens (primary N) is 2. The van der Waals surface area contributed by atoms with Gasteiger partial charge in [0.05, 0.1) is 0 Å². The maximum atomic E-state index is 11.2. The van der Waals surface area contributed by atoms with Gasteiger partial charge in [0.1, 0.15) is 4.90 Å². The molecule has 0 fully saturated rings. The fourth-order valence-corrected chi connectivity index (χ4v) is 2.37. The van der Waals surface area contributed by atoms with Gasteiger partial charge < -0.3 is 11.5 Å². The van der Waals surface area contributed by atoms with Crippen molar-refractivity contribution >= 4 is 32.3 Å². The quantitative estimate of drug-likeness (QED) is 0.512. The Morgan fingerprint density at radius 2 is 1.62 bits per heavy atom. The Morgan fingerprint density at radius 3 is 2.25 bits per heavy atom. The van der Waals surface area contributed by atoms with Crippen molar-refractivity contribution < 1.29 is 13.0 Å². The summed E-state index contributed by atoms with van der Waals surface area (Å²) in [5, 5.41) is 0.764. The van der Waals surface area contributed by atoms with Gasteiger partial charge in [-0.1, -0.05) is 12.1 Å². The molecule has 5 nitrogen and oxygen atoms in total. The highest BCUT2D eigenvalue weighted by Gasteiger charge is 2.16. The minimum absolute atomic E-state index is 0.227. The fraction of sp³-hybridized carbons (Fsp3) is 0. The molecule has 0 aliphatic heterocycles. The normalized spacial score (nSPS) is 11.8. The van der Waals surface area contributed by atoms with Gasteiger partial charge in [0.25, 0.3) is 10.1 Å². The molecule has 6 heteroatoms. The van der Waals surface area contributed by atoms with E-state index in [0.29, 0.717) is 11.1 Å². The molecule has 2 rings (SSSR count). The average molecular weight is 238 g/mol. The van der Waals surface area contributed by atoms with Crippen molar-refractivity contribution in [1.82, 2.24) is 0 Å². The van der Waals surface area contributed by atoms with E-state index in [2.05, 4.69) is 0 Å². The molecule has 5 N–H and O–H groups in total. The van der Waals surface area contributed by atoms with Crippen LogP contribution in [0.1, 0.15) is 0 Å². The number of rotatable bonds is 1. The van der Waals surface area contributed by atoms with Crippen LogP contribution in [0.2, 0.25) is 0 Å². The number of hydrogen-bond donors (Lipinski definition) is 3. The van der Waals surface area contributed by atoms with E-state index in [1.807, 2.05) is 0 Å². The molecule has 0 aliphatic rings. The summed E-state index contributed by atoms with van der Waals surface area (Å²) >= 11 is 0. The van der Waals surface area contributed by atoms with Crippen molar-refractivity contribution in [2.45, 2.75) is 4.90 Å². The Kier molecular flexibility index (Phi) is 2.25. The smallest absolute Gasteiger partial charge is 0.295 e. The molecule has 84 valence electrons. The number of anilines is 2. The molecule has 0 bridgehead atoms. The Bertz CT molecular complexity index is 665. The molecule has 0 aliphatic carbocycles. The average Bonchev–Trinajstić information content (AvgIpc) is 2.22. The summed E-state index contributed by atoms with van der Waals surface area (Å²) < 4.78 is 31.4. The van der Waals surface area contributed by atoms with Crippen molar-refractivity contribution in [1.29, 1.82) is 0 Å². The number of benzene rings is 2. The van der Waals surface area contributed by atoms with E-state index < -0.39 is 10.1 Å². The minimum atomic E-state index is -4.30. The number of nitrogen functional groups attached to an aromatic ring is 2. The first kappa shape index (κ1) is 10.7. The van der Waals surface area contributed by atoms with Gasteiger partial charge in [-0.3, -0.25) is 4.55 Å². The Balaban J connectivity index is 3.04. The SMILES string of the molecule is Nc1ccc(N)c2c(S(=O)(=O)O)cccc12. The van der Waals surface area contributed by atoms with Crippen LogP contribution in [-0.4, -0.2) is 13.0 Å². The number of hydrogen-bond acceptors (Lipinski definition) is 4. The zero-order chi connectivity index (χ0) is 11.9. The summed E-state index contributed by atoms with van der Waals surface area (Å²) in [7, 11) is -4.30. The van der Waals surface area contributed by atoms with Gasteiger partial charge in [0, 0.05) is 22.1 Å². The lowest BCUT2D eigenvalue weighted by atomic mass is 10.1. The molecule has 0 aromatic heterocycles. The van der Waals surface area contributed by atoms with E-state index in [4.69, 9.17) is 16.0 Å². The number of fused-ring (bicyclic) bond motifs is 1. The van der Waals surface area contributed by atoms with Crippen LogP contribution >= 0.6 is 0 Å². The summed E-state index contributed by atoms with van der Waals surface area (Å²) in [6.07, 6.45) is 0. The molecular weight excluding hydrogens is 228 g/mol. The van der Waals surface area contributed by atoms with Crippen LogP contribution in [0.15, 0.2) is 35.2 Å². The Labute approximate surface area is 92.4 Å². The lowest BCUT2D eigenvalue weighted by Crippen LogP contribution is -2.02. The maximum Gasteiger partial charge on any atom is 0.295 e. The predicted octanol–water partition coefficient (Wildman–Crippen LogP) is 1.25. The monoisotopic (exact) mass is 238 g/mol. The molecule has 0 spiro atoms. The lowest BCUT2D eigenvalue weighted by Gasteiger charge is -2.08. The van der Waals surface area contributed by atoms with Gasteiger partial charge in [-0.15, -0.1) is 0 Å². The first-order valence-corrected chi connectivity index (χ1v) is 5.89. The molecule has 2 aromatic carbocycles. The fourth-order valence-electron chi connectivity index (χ4n) is 1.64. The summed E-state index contributed by atoms with van der Waals surface area (Å²) in [4.78, 5) is -0.227. The summed E-state index contributed by atoms with van der Waals surface area (Å²) in [5.74, 6) is 0. The van der Waals surface area contributed by atoms with Gasteiger partial charge in [-0.25, -0.2) is 0 Å². The van der Waals surface area contributed by atoms with Gasteiger partial charge in [-0.2, -0.15) is 8.42 Å². The predicted molar refractivity (Wildman–Crippen MR) is 62.6 cm³/mol. The van der Waals surface area contributed by atoms with Crippen molar-refractivity contribution in [2.24, 2.45) is 0 Å². The second-order valence-corrected chi connectivity index (χ2v) is 4.79. The van der Waals surface area contributed by atoms with E-state index in [9.17, 15) is 8.42 Å². The van der Waals surface area contributed by atoms with Crippen LogP contribution < -0.4 is 11.5 Å². The summed E-state index contributed by atoms with van der Waals surface area (Å²) in [6, 6.07) is 7.53. The second kappa shape index (κ2) is 3.36. The summed E-state index contributed by atoms with van der Waals surface area (Å²) in [6.45, 7) is 0. The zero-order valence-electron chi connectivity index (χ0n) is 8.21.